The zero-order valence-corrected chi connectivity index (χ0v) is 21.6. The highest BCUT2D eigenvalue weighted by atomic mass is 32.2. The Morgan fingerprint density at radius 3 is 2.43 bits per heavy atom. The Kier molecular flexibility index (Phi) is 8.59. The molecule has 0 saturated carbocycles. The van der Waals surface area contributed by atoms with Gasteiger partial charge >= 0.3 is 0 Å². The van der Waals surface area contributed by atoms with Crippen molar-refractivity contribution in [1.29, 1.82) is 0 Å². The van der Waals surface area contributed by atoms with E-state index in [-0.39, 0.29) is 23.0 Å². The number of hydrogen-bond donors (Lipinski definition) is 0. The molecule has 7 nitrogen and oxygen atoms in total. The highest BCUT2D eigenvalue weighted by Crippen LogP contribution is 2.22. The quantitative estimate of drug-likeness (QED) is 0.585. The summed E-state index contributed by atoms with van der Waals surface area (Å²) in [6.45, 7) is 8.55. The number of carbonyl (C=O) groups is 1. The number of amides is 1. The van der Waals surface area contributed by atoms with E-state index in [1.807, 2.05) is 24.8 Å². The molecule has 35 heavy (non-hydrogen) atoms. The Labute approximate surface area is 209 Å². The second-order valence-electron chi connectivity index (χ2n) is 9.68. The summed E-state index contributed by atoms with van der Waals surface area (Å²) in [5.74, 6) is -0.100. The fourth-order valence-electron chi connectivity index (χ4n) is 5.00. The van der Waals surface area contributed by atoms with Gasteiger partial charge in [0, 0.05) is 38.3 Å². The van der Waals surface area contributed by atoms with Crippen molar-refractivity contribution in [2.45, 2.75) is 50.2 Å². The van der Waals surface area contributed by atoms with Gasteiger partial charge in [-0.25, -0.2) is 8.42 Å². The predicted octanol–water partition coefficient (Wildman–Crippen LogP) is 3.27. The number of sulfonamides is 1. The Morgan fingerprint density at radius 1 is 0.943 bits per heavy atom. The van der Waals surface area contributed by atoms with Crippen LogP contribution in [0.15, 0.2) is 59.5 Å². The maximum Gasteiger partial charge on any atom is 0.253 e. The third-order valence-electron chi connectivity index (χ3n) is 6.76. The van der Waals surface area contributed by atoms with Gasteiger partial charge in [-0.2, -0.15) is 4.31 Å². The minimum atomic E-state index is -3.69. The van der Waals surface area contributed by atoms with Gasteiger partial charge in [0.25, 0.3) is 5.91 Å². The van der Waals surface area contributed by atoms with Crippen molar-refractivity contribution in [3.05, 3.63) is 65.7 Å². The molecule has 0 aromatic heterocycles. The molecule has 1 amide bonds. The van der Waals surface area contributed by atoms with Gasteiger partial charge in [0.1, 0.15) is 0 Å². The van der Waals surface area contributed by atoms with Crippen LogP contribution in [0.5, 0.6) is 0 Å². The molecule has 8 heteroatoms. The Balaban J connectivity index is 1.36. The molecule has 0 aliphatic carbocycles. The lowest BCUT2D eigenvalue weighted by Crippen LogP contribution is -2.48. The van der Waals surface area contributed by atoms with Crippen molar-refractivity contribution in [2.75, 3.05) is 45.8 Å². The van der Waals surface area contributed by atoms with Gasteiger partial charge in [0.05, 0.1) is 17.1 Å². The van der Waals surface area contributed by atoms with Crippen LogP contribution in [0.2, 0.25) is 0 Å². The molecule has 2 saturated heterocycles. The third kappa shape index (κ3) is 6.70. The van der Waals surface area contributed by atoms with Crippen molar-refractivity contribution in [3.8, 4) is 0 Å². The van der Waals surface area contributed by atoms with Crippen LogP contribution in [-0.4, -0.2) is 86.5 Å². The second kappa shape index (κ2) is 11.6. The Hall–Kier alpha value is -2.26. The van der Waals surface area contributed by atoms with E-state index < -0.39 is 10.0 Å². The molecule has 0 spiro atoms. The molecule has 2 heterocycles. The van der Waals surface area contributed by atoms with E-state index in [1.54, 1.807) is 18.2 Å². The van der Waals surface area contributed by atoms with E-state index in [0.717, 1.165) is 38.9 Å². The molecule has 4 rings (SSSR count). The zero-order valence-electron chi connectivity index (χ0n) is 20.8. The van der Waals surface area contributed by atoms with Gasteiger partial charge in [-0.15, -0.1) is 0 Å². The zero-order chi connectivity index (χ0) is 24.8. The van der Waals surface area contributed by atoms with Crippen LogP contribution in [0.1, 0.15) is 42.6 Å². The maximum absolute atomic E-state index is 13.3. The summed E-state index contributed by atoms with van der Waals surface area (Å²) in [7, 11) is -3.69. The molecule has 2 aromatic rings. The minimum Gasteiger partial charge on any atom is -0.373 e. The van der Waals surface area contributed by atoms with Gasteiger partial charge in [0.15, 0.2) is 0 Å². The lowest BCUT2D eigenvalue weighted by Gasteiger charge is -2.34. The standard InChI is InChI=1S/C27H37N3O4S/c1-22-20-30(21-23(2)34-22)35(32,33)26-13-6-12-25(19-26)27(31)29-16-8-15-28(17-18-29)14-7-11-24-9-4-3-5-10-24/h3-6,9-10,12-13,19,22-23H,7-8,11,14-18,20-21H2,1-2H3. The molecular weight excluding hydrogens is 462 g/mol. The first kappa shape index (κ1) is 25.8. The first-order valence-corrected chi connectivity index (χ1v) is 14.1. The number of nitrogens with zero attached hydrogens (tertiary/aromatic N) is 3. The molecular formula is C27H37N3O4S. The van der Waals surface area contributed by atoms with Crippen molar-refractivity contribution >= 4 is 15.9 Å². The van der Waals surface area contributed by atoms with Crippen molar-refractivity contribution < 1.29 is 17.9 Å². The van der Waals surface area contributed by atoms with Crippen LogP contribution >= 0.6 is 0 Å². The molecule has 2 aliphatic rings. The topological polar surface area (TPSA) is 70.2 Å². The maximum atomic E-state index is 13.3. The summed E-state index contributed by atoms with van der Waals surface area (Å²) >= 11 is 0. The average Bonchev–Trinajstić information content (AvgIpc) is 3.09. The number of hydrogen-bond acceptors (Lipinski definition) is 5. The smallest absolute Gasteiger partial charge is 0.253 e. The molecule has 2 atom stereocenters. The van der Waals surface area contributed by atoms with Crippen molar-refractivity contribution in [2.24, 2.45) is 0 Å². The number of morpholine rings is 1. The summed E-state index contributed by atoms with van der Waals surface area (Å²) in [6, 6.07) is 17.0. The summed E-state index contributed by atoms with van der Waals surface area (Å²) in [6.07, 6.45) is 2.74. The fraction of sp³-hybridized carbons (Fsp3) is 0.519. The van der Waals surface area contributed by atoms with E-state index >= 15 is 0 Å². The van der Waals surface area contributed by atoms with Crippen LogP contribution < -0.4 is 0 Å². The number of aryl methyl sites for hydroxylation is 1. The minimum absolute atomic E-state index is 0.100. The molecule has 2 aliphatic heterocycles. The molecule has 2 fully saturated rings. The van der Waals surface area contributed by atoms with Gasteiger partial charge in [-0.05, 0) is 70.0 Å². The van der Waals surface area contributed by atoms with E-state index in [9.17, 15) is 13.2 Å². The van der Waals surface area contributed by atoms with E-state index in [4.69, 9.17) is 4.74 Å². The summed E-state index contributed by atoms with van der Waals surface area (Å²) in [5, 5.41) is 0. The Bertz CT molecular complexity index is 1080. The molecule has 2 aromatic carbocycles. The van der Waals surface area contributed by atoms with Gasteiger partial charge in [-0.1, -0.05) is 36.4 Å². The van der Waals surface area contributed by atoms with Crippen LogP contribution in [-0.2, 0) is 21.2 Å². The first-order valence-electron chi connectivity index (χ1n) is 12.6. The van der Waals surface area contributed by atoms with Crippen LogP contribution in [0.25, 0.3) is 0 Å². The molecule has 2 unspecified atom stereocenters. The van der Waals surface area contributed by atoms with E-state index in [2.05, 4.69) is 29.2 Å². The number of rotatable bonds is 7. The first-order chi connectivity index (χ1) is 16.8. The van der Waals surface area contributed by atoms with E-state index in [1.165, 1.54) is 15.9 Å². The lowest BCUT2D eigenvalue weighted by molar-refractivity contribution is -0.0440. The van der Waals surface area contributed by atoms with Gasteiger partial charge in [-0.3, -0.25) is 4.79 Å². The van der Waals surface area contributed by atoms with Gasteiger partial charge < -0.3 is 14.5 Å². The molecule has 0 N–H and O–H groups in total. The van der Waals surface area contributed by atoms with Crippen LogP contribution in [0.4, 0.5) is 0 Å². The number of carbonyl (C=O) groups excluding carboxylic acids is 1. The van der Waals surface area contributed by atoms with Crippen LogP contribution in [0, 0.1) is 0 Å². The highest BCUT2D eigenvalue weighted by Gasteiger charge is 2.32. The predicted molar refractivity (Wildman–Crippen MR) is 137 cm³/mol. The molecule has 190 valence electrons. The third-order valence-corrected chi connectivity index (χ3v) is 8.59. The SMILES string of the molecule is CC1CN(S(=O)(=O)c2cccc(C(=O)N3CCCN(CCCc4ccccc4)CC3)c2)CC(C)O1. The normalized spacial score (nSPS) is 22.6. The average molecular weight is 500 g/mol. The summed E-state index contributed by atoms with van der Waals surface area (Å²) in [4.78, 5) is 17.8. The number of ether oxygens (including phenoxy) is 1. The van der Waals surface area contributed by atoms with Crippen molar-refractivity contribution in [1.82, 2.24) is 14.1 Å². The highest BCUT2D eigenvalue weighted by molar-refractivity contribution is 7.89. The van der Waals surface area contributed by atoms with Gasteiger partial charge in [0.2, 0.25) is 10.0 Å². The molecule has 0 bridgehead atoms. The summed E-state index contributed by atoms with van der Waals surface area (Å²) < 4.78 is 33.7. The number of benzene rings is 2. The monoisotopic (exact) mass is 499 g/mol. The lowest BCUT2D eigenvalue weighted by atomic mass is 10.1. The largest absolute Gasteiger partial charge is 0.373 e. The molecule has 0 radical (unpaired) electrons. The summed E-state index contributed by atoms with van der Waals surface area (Å²) in [5.41, 5.74) is 1.79. The van der Waals surface area contributed by atoms with E-state index in [0.29, 0.717) is 31.7 Å². The fourth-order valence-corrected chi connectivity index (χ4v) is 6.63. The van der Waals surface area contributed by atoms with Crippen molar-refractivity contribution in [3.63, 3.8) is 0 Å². The van der Waals surface area contributed by atoms with Crippen LogP contribution in [0.3, 0.4) is 0 Å². The second-order valence-corrected chi connectivity index (χ2v) is 11.6. The Morgan fingerprint density at radius 2 is 1.69 bits per heavy atom.